The van der Waals surface area contributed by atoms with Crippen LogP contribution in [-0.4, -0.2) is 11.2 Å². The summed E-state index contributed by atoms with van der Waals surface area (Å²) in [5.41, 5.74) is 6.70. The van der Waals surface area contributed by atoms with E-state index in [0.717, 1.165) is 14.5 Å². The highest BCUT2D eigenvalue weighted by Crippen LogP contribution is 2.24. The summed E-state index contributed by atoms with van der Waals surface area (Å²) in [6.45, 7) is 1.68. The van der Waals surface area contributed by atoms with Crippen molar-refractivity contribution in [3.8, 4) is 0 Å². The monoisotopic (exact) mass is 307 g/mol. The summed E-state index contributed by atoms with van der Waals surface area (Å²) >= 11 is 6.73. The molecule has 0 heterocycles. The molecule has 3 N–H and O–H groups in total. The predicted molar refractivity (Wildman–Crippen MR) is 60.5 cm³/mol. The number of nitrogens with two attached hydrogens (primary N) is 1. The Morgan fingerprint density at radius 1 is 1.23 bits per heavy atom. The fraction of sp³-hybridized carbons (Fsp3) is 0.333. The molecule has 0 bridgehead atoms. The smallest absolute Gasteiger partial charge is 0.0704 e. The molecular weight excluding hydrogens is 298 g/mol. The third-order valence-electron chi connectivity index (χ3n) is 1.79. The van der Waals surface area contributed by atoms with Crippen molar-refractivity contribution < 1.29 is 5.11 Å². The molecule has 0 spiro atoms. The lowest BCUT2D eigenvalue weighted by Gasteiger charge is -2.15. The number of rotatable bonds is 2. The number of aliphatic hydroxyl groups excluding tert-OH is 1. The van der Waals surface area contributed by atoms with E-state index >= 15 is 0 Å². The van der Waals surface area contributed by atoms with Crippen LogP contribution in [0.5, 0.6) is 0 Å². The number of aliphatic hydroxyl groups is 1. The molecule has 0 aromatic heterocycles. The number of halogens is 2. The second-order valence-corrected chi connectivity index (χ2v) is 4.80. The van der Waals surface area contributed by atoms with Gasteiger partial charge in [0.25, 0.3) is 0 Å². The minimum Gasteiger partial charge on any atom is -0.391 e. The van der Waals surface area contributed by atoms with Gasteiger partial charge in [-0.05, 0) is 30.7 Å². The van der Waals surface area contributed by atoms with E-state index in [0.29, 0.717) is 0 Å². The normalized spacial score (nSPS) is 15.5. The van der Waals surface area contributed by atoms with Crippen LogP contribution in [0.3, 0.4) is 0 Å². The van der Waals surface area contributed by atoms with Crippen molar-refractivity contribution in [1.29, 1.82) is 0 Å². The van der Waals surface area contributed by atoms with Crippen LogP contribution in [-0.2, 0) is 0 Å². The Labute approximate surface area is 94.4 Å². The van der Waals surface area contributed by atoms with Gasteiger partial charge >= 0.3 is 0 Å². The van der Waals surface area contributed by atoms with Crippen molar-refractivity contribution in [2.45, 2.75) is 19.1 Å². The average molecular weight is 309 g/mol. The highest BCUT2D eigenvalue weighted by atomic mass is 79.9. The Balaban J connectivity index is 3.01. The van der Waals surface area contributed by atoms with Crippen LogP contribution in [0.25, 0.3) is 0 Å². The summed E-state index contributed by atoms with van der Waals surface area (Å²) in [4.78, 5) is 0. The van der Waals surface area contributed by atoms with Crippen LogP contribution in [0.15, 0.2) is 27.1 Å². The Morgan fingerprint density at radius 2 is 1.69 bits per heavy atom. The van der Waals surface area contributed by atoms with E-state index in [1.54, 1.807) is 6.92 Å². The number of benzene rings is 1. The zero-order valence-electron chi connectivity index (χ0n) is 7.17. The summed E-state index contributed by atoms with van der Waals surface area (Å²) < 4.78 is 1.90. The van der Waals surface area contributed by atoms with E-state index in [1.165, 1.54) is 0 Å². The summed E-state index contributed by atoms with van der Waals surface area (Å²) in [5.74, 6) is 0. The molecule has 0 saturated carbocycles. The molecule has 0 aliphatic rings. The van der Waals surface area contributed by atoms with Crippen LogP contribution in [0.1, 0.15) is 18.5 Å². The molecule has 0 aliphatic heterocycles. The van der Waals surface area contributed by atoms with Gasteiger partial charge < -0.3 is 10.8 Å². The predicted octanol–water partition coefficient (Wildman–Crippen LogP) is 2.59. The molecule has 1 aromatic carbocycles. The molecule has 2 nitrogen and oxygen atoms in total. The van der Waals surface area contributed by atoms with Crippen molar-refractivity contribution in [1.82, 2.24) is 0 Å². The number of hydrogen-bond donors (Lipinski definition) is 2. The van der Waals surface area contributed by atoms with Gasteiger partial charge in [0.05, 0.1) is 12.1 Å². The maximum Gasteiger partial charge on any atom is 0.0704 e. The molecule has 2 atom stereocenters. The molecule has 1 unspecified atom stereocenters. The van der Waals surface area contributed by atoms with E-state index in [1.807, 2.05) is 18.2 Å². The third kappa shape index (κ3) is 3.06. The minimum atomic E-state index is -0.541. The SMILES string of the molecule is CC(O)[C@@H](N)c1cc(Br)cc(Br)c1. The van der Waals surface area contributed by atoms with Crippen LogP contribution in [0, 0.1) is 0 Å². The fourth-order valence-electron chi connectivity index (χ4n) is 1.05. The van der Waals surface area contributed by atoms with Crippen molar-refractivity contribution in [3.63, 3.8) is 0 Å². The van der Waals surface area contributed by atoms with E-state index in [4.69, 9.17) is 5.73 Å². The molecule has 0 fully saturated rings. The van der Waals surface area contributed by atoms with Gasteiger partial charge in [-0.3, -0.25) is 0 Å². The first-order chi connectivity index (χ1) is 6.00. The molecule has 0 amide bonds. The van der Waals surface area contributed by atoms with Gasteiger partial charge in [0.15, 0.2) is 0 Å². The minimum absolute atomic E-state index is 0.339. The van der Waals surface area contributed by atoms with Gasteiger partial charge in [0.2, 0.25) is 0 Å². The van der Waals surface area contributed by atoms with Crippen LogP contribution in [0.2, 0.25) is 0 Å². The Hall–Kier alpha value is 0.1000. The Kier molecular flexibility index (Phi) is 3.91. The first kappa shape index (κ1) is 11.2. The Morgan fingerprint density at radius 3 is 2.08 bits per heavy atom. The van der Waals surface area contributed by atoms with E-state index in [2.05, 4.69) is 31.9 Å². The lowest BCUT2D eigenvalue weighted by molar-refractivity contribution is 0.164. The molecule has 0 aliphatic carbocycles. The molecule has 1 aromatic rings. The molecule has 0 radical (unpaired) electrons. The maximum atomic E-state index is 9.30. The van der Waals surface area contributed by atoms with Crippen molar-refractivity contribution >= 4 is 31.9 Å². The zero-order valence-corrected chi connectivity index (χ0v) is 10.3. The van der Waals surface area contributed by atoms with Gasteiger partial charge in [-0.2, -0.15) is 0 Å². The van der Waals surface area contributed by atoms with Crippen LogP contribution in [0.4, 0.5) is 0 Å². The largest absolute Gasteiger partial charge is 0.391 e. The summed E-state index contributed by atoms with van der Waals surface area (Å²) in [6, 6.07) is 5.40. The lowest BCUT2D eigenvalue weighted by atomic mass is 10.0. The maximum absolute atomic E-state index is 9.30. The highest BCUT2D eigenvalue weighted by Gasteiger charge is 2.12. The fourth-order valence-corrected chi connectivity index (χ4v) is 2.38. The van der Waals surface area contributed by atoms with Gasteiger partial charge in [0, 0.05) is 8.95 Å². The van der Waals surface area contributed by atoms with Gasteiger partial charge in [-0.1, -0.05) is 31.9 Å². The molecule has 72 valence electrons. The van der Waals surface area contributed by atoms with Crippen LogP contribution < -0.4 is 5.73 Å². The van der Waals surface area contributed by atoms with Gasteiger partial charge in [0.1, 0.15) is 0 Å². The average Bonchev–Trinajstić information content (AvgIpc) is 2.01. The first-order valence-corrected chi connectivity index (χ1v) is 5.49. The second kappa shape index (κ2) is 4.55. The van der Waals surface area contributed by atoms with Gasteiger partial charge in [-0.25, -0.2) is 0 Å². The quantitative estimate of drug-likeness (QED) is 0.882. The van der Waals surface area contributed by atoms with Crippen molar-refractivity contribution in [3.05, 3.63) is 32.7 Å². The molecule has 0 saturated heterocycles. The van der Waals surface area contributed by atoms with E-state index < -0.39 is 6.10 Å². The topological polar surface area (TPSA) is 46.2 Å². The highest BCUT2D eigenvalue weighted by molar-refractivity contribution is 9.11. The second-order valence-electron chi connectivity index (χ2n) is 2.97. The summed E-state index contributed by atoms with van der Waals surface area (Å²) in [6.07, 6.45) is -0.541. The lowest BCUT2D eigenvalue weighted by Crippen LogP contribution is -2.23. The van der Waals surface area contributed by atoms with E-state index in [-0.39, 0.29) is 6.04 Å². The summed E-state index contributed by atoms with van der Waals surface area (Å²) in [5, 5.41) is 9.30. The van der Waals surface area contributed by atoms with E-state index in [9.17, 15) is 5.11 Å². The Bertz CT molecular complexity index is 281. The van der Waals surface area contributed by atoms with Crippen LogP contribution >= 0.6 is 31.9 Å². The van der Waals surface area contributed by atoms with Crippen molar-refractivity contribution in [2.24, 2.45) is 5.73 Å². The molecule has 4 heteroatoms. The molecular formula is C9H11Br2NO. The third-order valence-corrected chi connectivity index (χ3v) is 2.71. The number of hydrogen-bond acceptors (Lipinski definition) is 2. The van der Waals surface area contributed by atoms with Crippen molar-refractivity contribution in [2.75, 3.05) is 0 Å². The summed E-state index contributed by atoms with van der Waals surface area (Å²) in [7, 11) is 0. The first-order valence-electron chi connectivity index (χ1n) is 3.90. The van der Waals surface area contributed by atoms with Gasteiger partial charge in [-0.15, -0.1) is 0 Å². The molecule has 13 heavy (non-hydrogen) atoms. The zero-order chi connectivity index (χ0) is 10.0. The standard InChI is InChI=1S/C9H11Br2NO/c1-5(13)9(12)6-2-7(10)4-8(11)3-6/h2-5,9,13H,12H2,1H3/t5?,9-/m1/s1. The molecule has 1 rings (SSSR count).